The lowest BCUT2D eigenvalue weighted by atomic mass is 10.1. The number of rotatable bonds is 2. The first-order chi connectivity index (χ1) is 9.15. The van der Waals surface area contributed by atoms with Gasteiger partial charge in [-0.3, -0.25) is 0 Å². The molecule has 0 aromatic heterocycles. The van der Waals surface area contributed by atoms with Gasteiger partial charge in [-0.05, 0) is 70.6 Å². The van der Waals surface area contributed by atoms with Crippen molar-refractivity contribution in [2.24, 2.45) is 0 Å². The number of halogens is 1. The Labute approximate surface area is 122 Å². The highest BCUT2D eigenvalue weighted by Gasteiger charge is 2.22. The average Bonchev–Trinajstić information content (AvgIpc) is 2.77. The standard InChI is InChI=1S/C16H17BrN2/c1-10-3-2-4-15(16(10)17)19-14-8-5-11-9-12(18)6-7-13(11)14/h2-4,6-7,9,14,19H,5,8,18H2,1H3. The molecule has 1 unspecified atom stereocenters. The van der Waals surface area contributed by atoms with E-state index in [1.807, 2.05) is 6.07 Å². The second-order valence-electron chi connectivity index (χ2n) is 5.13. The van der Waals surface area contributed by atoms with E-state index in [2.05, 4.69) is 58.5 Å². The van der Waals surface area contributed by atoms with E-state index in [9.17, 15) is 0 Å². The van der Waals surface area contributed by atoms with Gasteiger partial charge in [-0.25, -0.2) is 0 Å². The second kappa shape index (κ2) is 4.89. The summed E-state index contributed by atoms with van der Waals surface area (Å²) in [6.07, 6.45) is 2.22. The third-order valence-electron chi connectivity index (χ3n) is 3.77. The van der Waals surface area contributed by atoms with E-state index in [4.69, 9.17) is 5.73 Å². The van der Waals surface area contributed by atoms with Crippen LogP contribution in [-0.2, 0) is 6.42 Å². The molecule has 0 aliphatic heterocycles. The Balaban J connectivity index is 1.89. The molecule has 2 nitrogen and oxygen atoms in total. The number of aryl methyl sites for hydroxylation is 2. The van der Waals surface area contributed by atoms with Crippen molar-refractivity contribution in [1.29, 1.82) is 0 Å². The number of fused-ring (bicyclic) bond motifs is 1. The molecule has 3 N–H and O–H groups in total. The van der Waals surface area contributed by atoms with Gasteiger partial charge in [-0.2, -0.15) is 0 Å². The molecule has 0 spiro atoms. The van der Waals surface area contributed by atoms with Crippen LogP contribution in [0.3, 0.4) is 0 Å². The zero-order valence-corrected chi connectivity index (χ0v) is 12.5. The first-order valence-corrected chi connectivity index (χ1v) is 7.34. The van der Waals surface area contributed by atoms with Gasteiger partial charge in [0.25, 0.3) is 0 Å². The van der Waals surface area contributed by atoms with Gasteiger partial charge in [0.15, 0.2) is 0 Å². The van der Waals surface area contributed by atoms with Crippen LogP contribution in [-0.4, -0.2) is 0 Å². The molecule has 1 aliphatic carbocycles. The highest BCUT2D eigenvalue weighted by Crippen LogP contribution is 2.37. The number of hydrogen-bond acceptors (Lipinski definition) is 2. The maximum Gasteiger partial charge on any atom is 0.0520 e. The Morgan fingerprint density at radius 2 is 2.11 bits per heavy atom. The van der Waals surface area contributed by atoms with E-state index in [1.54, 1.807) is 0 Å². The minimum Gasteiger partial charge on any atom is -0.399 e. The first-order valence-electron chi connectivity index (χ1n) is 6.55. The maximum absolute atomic E-state index is 5.84. The summed E-state index contributed by atoms with van der Waals surface area (Å²) in [6.45, 7) is 2.11. The summed E-state index contributed by atoms with van der Waals surface area (Å²) in [6, 6.07) is 12.9. The second-order valence-corrected chi connectivity index (χ2v) is 5.92. The summed E-state index contributed by atoms with van der Waals surface area (Å²) in [7, 11) is 0. The van der Waals surface area contributed by atoms with Crippen molar-refractivity contribution in [3.05, 3.63) is 57.6 Å². The van der Waals surface area contributed by atoms with Gasteiger partial charge in [-0.1, -0.05) is 18.2 Å². The van der Waals surface area contributed by atoms with Crippen LogP contribution in [0.2, 0.25) is 0 Å². The fourth-order valence-electron chi connectivity index (χ4n) is 2.73. The van der Waals surface area contributed by atoms with Crippen molar-refractivity contribution < 1.29 is 0 Å². The van der Waals surface area contributed by atoms with Crippen LogP contribution in [0.15, 0.2) is 40.9 Å². The number of benzene rings is 2. The largest absolute Gasteiger partial charge is 0.399 e. The molecule has 0 saturated carbocycles. The van der Waals surface area contributed by atoms with Crippen LogP contribution in [0.4, 0.5) is 11.4 Å². The SMILES string of the molecule is Cc1cccc(NC2CCc3cc(N)ccc32)c1Br. The van der Waals surface area contributed by atoms with Gasteiger partial charge >= 0.3 is 0 Å². The minimum absolute atomic E-state index is 0.383. The number of nitrogen functional groups attached to an aromatic ring is 1. The molecule has 1 atom stereocenters. The molecule has 98 valence electrons. The zero-order valence-electron chi connectivity index (χ0n) is 10.9. The van der Waals surface area contributed by atoms with Crippen molar-refractivity contribution >= 4 is 27.3 Å². The average molecular weight is 317 g/mol. The first kappa shape index (κ1) is 12.5. The van der Waals surface area contributed by atoms with Crippen LogP contribution < -0.4 is 11.1 Å². The monoisotopic (exact) mass is 316 g/mol. The number of nitrogens with one attached hydrogen (secondary N) is 1. The molecule has 3 heteroatoms. The van der Waals surface area contributed by atoms with E-state index in [-0.39, 0.29) is 0 Å². The van der Waals surface area contributed by atoms with Crippen LogP contribution >= 0.6 is 15.9 Å². The molecule has 3 rings (SSSR count). The Bertz CT molecular complexity index is 622. The van der Waals surface area contributed by atoms with E-state index in [0.717, 1.165) is 28.7 Å². The molecule has 0 bridgehead atoms. The lowest BCUT2D eigenvalue weighted by Gasteiger charge is -2.17. The molecule has 0 saturated heterocycles. The Morgan fingerprint density at radius 3 is 2.95 bits per heavy atom. The number of anilines is 2. The van der Waals surface area contributed by atoms with E-state index in [1.165, 1.54) is 16.7 Å². The molecular formula is C16H17BrN2. The Morgan fingerprint density at radius 1 is 1.26 bits per heavy atom. The summed E-state index contributed by atoms with van der Waals surface area (Å²) in [5, 5.41) is 3.64. The summed E-state index contributed by atoms with van der Waals surface area (Å²) in [4.78, 5) is 0. The normalized spacial score (nSPS) is 17.3. The molecule has 0 radical (unpaired) electrons. The van der Waals surface area contributed by atoms with Crippen LogP contribution in [0.5, 0.6) is 0 Å². The van der Waals surface area contributed by atoms with Gasteiger partial charge in [0.1, 0.15) is 0 Å². The molecular weight excluding hydrogens is 300 g/mol. The van der Waals surface area contributed by atoms with Crippen molar-refractivity contribution in [2.75, 3.05) is 11.1 Å². The predicted octanol–water partition coefficient (Wildman–Crippen LogP) is 4.44. The van der Waals surface area contributed by atoms with Gasteiger partial charge in [0.05, 0.1) is 6.04 Å². The summed E-state index contributed by atoms with van der Waals surface area (Å²) in [5.41, 5.74) is 11.9. The molecule has 0 heterocycles. The van der Waals surface area contributed by atoms with Crippen LogP contribution in [0.1, 0.15) is 29.2 Å². The van der Waals surface area contributed by atoms with Gasteiger partial charge < -0.3 is 11.1 Å². The molecule has 0 fully saturated rings. The summed E-state index contributed by atoms with van der Waals surface area (Å²) < 4.78 is 1.15. The van der Waals surface area contributed by atoms with Gasteiger partial charge in [-0.15, -0.1) is 0 Å². The quantitative estimate of drug-likeness (QED) is 0.804. The molecule has 0 amide bonds. The highest BCUT2D eigenvalue weighted by atomic mass is 79.9. The predicted molar refractivity (Wildman–Crippen MR) is 84.4 cm³/mol. The third-order valence-corrected chi connectivity index (χ3v) is 4.82. The van der Waals surface area contributed by atoms with Crippen molar-refractivity contribution in [3.63, 3.8) is 0 Å². The third kappa shape index (κ3) is 2.35. The number of nitrogens with two attached hydrogens (primary N) is 1. The number of hydrogen-bond donors (Lipinski definition) is 2. The van der Waals surface area contributed by atoms with Crippen molar-refractivity contribution in [3.8, 4) is 0 Å². The zero-order chi connectivity index (χ0) is 13.4. The molecule has 19 heavy (non-hydrogen) atoms. The smallest absolute Gasteiger partial charge is 0.0520 e. The topological polar surface area (TPSA) is 38.0 Å². The van der Waals surface area contributed by atoms with E-state index in [0.29, 0.717) is 6.04 Å². The fraction of sp³-hybridized carbons (Fsp3) is 0.250. The van der Waals surface area contributed by atoms with E-state index < -0.39 is 0 Å². The molecule has 2 aromatic carbocycles. The lowest BCUT2D eigenvalue weighted by molar-refractivity contribution is 0.761. The molecule has 2 aromatic rings. The fourth-order valence-corrected chi connectivity index (χ4v) is 3.11. The van der Waals surface area contributed by atoms with E-state index >= 15 is 0 Å². The van der Waals surface area contributed by atoms with Gasteiger partial charge in [0, 0.05) is 15.8 Å². The summed E-state index contributed by atoms with van der Waals surface area (Å²) >= 11 is 3.66. The Kier molecular flexibility index (Phi) is 3.23. The van der Waals surface area contributed by atoms with Crippen molar-refractivity contribution in [2.45, 2.75) is 25.8 Å². The van der Waals surface area contributed by atoms with Crippen LogP contribution in [0, 0.1) is 6.92 Å². The molecule has 1 aliphatic rings. The minimum atomic E-state index is 0.383. The Hall–Kier alpha value is -1.48. The lowest BCUT2D eigenvalue weighted by Crippen LogP contribution is -2.07. The highest BCUT2D eigenvalue weighted by molar-refractivity contribution is 9.10. The van der Waals surface area contributed by atoms with Crippen molar-refractivity contribution in [1.82, 2.24) is 0 Å². The van der Waals surface area contributed by atoms with Crippen LogP contribution in [0.25, 0.3) is 0 Å². The summed E-state index contributed by atoms with van der Waals surface area (Å²) in [5.74, 6) is 0. The maximum atomic E-state index is 5.84. The van der Waals surface area contributed by atoms with Gasteiger partial charge in [0.2, 0.25) is 0 Å².